The van der Waals surface area contributed by atoms with Crippen molar-refractivity contribution >= 4 is 29.3 Å². The Kier molecular flexibility index (Phi) is 5.41. The molecule has 0 atom stereocenters. The van der Waals surface area contributed by atoms with E-state index in [4.69, 9.17) is 16.7 Å². The van der Waals surface area contributed by atoms with Gasteiger partial charge in [0.05, 0.1) is 17.2 Å². The Bertz CT molecular complexity index is 451. The molecule has 3 N–H and O–H groups in total. The minimum atomic E-state index is -0.714. The van der Waals surface area contributed by atoms with E-state index in [1.807, 2.05) is 0 Å². The third-order valence-corrected chi connectivity index (χ3v) is 2.34. The van der Waals surface area contributed by atoms with Crippen LogP contribution >= 0.6 is 11.6 Å². The number of aliphatic hydroxyl groups excluding tert-OH is 1. The monoisotopic (exact) mass is 272 g/mol. The summed E-state index contributed by atoms with van der Waals surface area (Å²) >= 11 is 5.85. The molecule has 0 aliphatic rings. The van der Waals surface area contributed by atoms with Crippen molar-refractivity contribution in [1.29, 1.82) is 0 Å². The van der Waals surface area contributed by atoms with Gasteiger partial charge in [0.25, 0.3) is 5.91 Å². The van der Waals surface area contributed by atoms with Gasteiger partial charge in [-0.05, 0) is 18.2 Å². The number of halogens is 1. The molecule has 0 unspecified atom stereocenters. The Balaban J connectivity index is 2.79. The molecule has 0 radical (unpaired) electrons. The summed E-state index contributed by atoms with van der Waals surface area (Å²) < 4.78 is 4.62. The third-order valence-electron chi connectivity index (χ3n) is 2.01. The van der Waals surface area contributed by atoms with E-state index in [-0.39, 0.29) is 29.7 Å². The minimum absolute atomic E-state index is 0.0955. The van der Waals surface area contributed by atoms with Gasteiger partial charge in [-0.25, -0.2) is 4.79 Å². The Morgan fingerprint density at radius 2 is 2.17 bits per heavy atom. The number of hydrogen-bond acceptors (Lipinski definition) is 4. The molecule has 1 aromatic carbocycles. The molecule has 6 nitrogen and oxygen atoms in total. The smallest absolute Gasteiger partial charge is 0.411 e. The highest BCUT2D eigenvalue weighted by molar-refractivity contribution is 6.34. The van der Waals surface area contributed by atoms with Crippen LogP contribution in [0.4, 0.5) is 10.5 Å². The van der Waals surface area contributed by atoms with Gasteiger partial charge in [-0.1, -0.05) is 11.6 Å². The van der Waals surface area contributed by atoms with Gasteiger partial charge in [0.2, 0.25) is 0 Å². The van der Waals surface area contributed by atoms with Crippen molar-refractivity contribution in [1.82, 2.24) is 5.32 Å². The molecule has 0 spiro atoms. The Morgan fingerprint density at radius 1 is 1.44 bits per heavy atom. The first-order valence-electron chi connectivity index (χ1n) is 5.14. The van der Waals surface area contributed by atoms with Crippen molar-refractivity contribution < 1.29 is 19.4 Å². The van der Waals surface area contributed by atoms with Crippen LogP contribution in [0.2, 0.25) is 5.02 Å². The number of carbonyl (C=O) groups excluding carboxylic acids is 2. The fourth-order valence-electron chi connectivity index (χ4n) is 1.20. The molecule has 1 aromatic rings. The van der Waals surface area contributed by atoms with Gasteiger partial charge < -0.3 is 15.2 Å². The first-order chi connectivity index (χ1) is 8.58. The average Bonchev–Trinajstić information content (AvgIpc) is 2.37. The van der Waals surface area contributed by atoms with Gasteiger partial charge in [-0.15, -0.1) is 0 Å². The number of ether oxygens (including phenoxy) is 1. The van der Waals surface area contributed by atoms with Gasteiger partial charge in [0.1, 0.15) is 6.61 Å². The van der Waals surface area contributed by atoms with Crippen molar-refractivity contribution in [2.75, 3.05) is 25.6 Å². The molecule has 1 rings (SSSR count). The second kappa shape index (κ2) is 6.83. The second-order valence-electron chi connectivity index (χ2n) is 3.26. The summed E-state index contributed by atoms with van der Waals surface area (Å²) in [5, 5.41) is 13.6. The average molecular weight is 273 g/mol. The van der Waals surface area contributed by atoms with E-state index in [1.165, 1.54) is 25.2 Å². The summed E-state index contributed by atoms with van der Waals surface area (Å²) in [6.07, 6.45) is -0.714. The van der Waals surface area contributed by atoms with Crippen LogP contribution < -0.4 is 10.6 Å². The molecule has 0 saturated carbocycles. The van der Waals surface area contributed by atoms with Gasteiger partial charge in [-0.3, -0.25) is 10.1 Å². The van der Waals surface area contributed by atoms with E-state index in [0.29, 0.717) is 5.69 Å². The Labute approximate surface area is 109 Å². The summed E-state index contributed by atoms with van der Waals surface area (Å²) in [5.74, 6) is -0.354. The number of benzene rings is 1. The molecule has 0 aliphatic heterocycles. The SMILES string of the molecule is CNC(=O)c1cc(NC(=O)OCCO)ccc1Cl. The summed E-state index contributed by atoms with van der Waals surface area (Å²) in [7, 11) is 1.48. The van der Waals surface area contributed by atoms with Crippen molar-refractivity contribution in [3.8, 4) is 0 Å². The molecular weight excluding hydrogens is 260 g/mol. The Hall–Kier alpha value is -1.79. The van der Waals surface area contributed by atoms with E-state index in [0.717, 1.165) is 0 Å². The predicted molar refractivity (Wildman–Crippen MR) is 66.9 cm³/mol. The lowest BCUT2D eigenvalue weighted by Crippen LogP contribution is -2.19. The lowest BCUT2D eigenvalue weighted by molar-refractivity contribution is 0.0963. The van der Waals surface area contributed by atoms with Crippen LogP contribution in [0.15, 0.2) is 18.2 Å². The van der Waals surface area contributed by atoms with Gasteiger partial charge in [0.15, 0.2) is 0 Å². The molecule has 0 heterocycles. The maximum atomic E-state index is 11.5. The number of hydrogen-bond donors (Lipinski definition) is 3. The molecule has 98 valence electrons. The summed E-state index contributed by atoms with van der Waals surface area (Å²) in [6.45, 7) is -0.348. The van der Waals surface area contributed by atoms with E-state index in [9.17, 15) is 9.59 Å². The van der Waals surface area contributed by atoms with Crippen LogP contribution in [0.1, 0.15) is 10.4 Å². The summed E-state index contributed by atoms with van der Waals surface area (Å²) in [6, 6.07) is 4.46. The molecule has 0 fully saturated rings. The molecule has 0 bridgehead atoms. The number of aliphatic hydroxyl groups is 1. The fraction of sp³-hybridized carbons (Fsp3) is 0.273. The molecule has 18 heavy (non-hydrogen) atoms. The summed E-state index contributed by atoms with van der Waals surface area (Å²) in [5.41, 5.74) is 0.625. The highest BCUT2D eigenvalue weighted by atomic mass is 35.5. The highest BCUT2D eigenvalue weighted by Crippen LogP contribution is 2.20. The lowest BCUT2D eigenvalue weighted by atomic mass is 10.2. The number of carbonyl (C=O) groups is 2. The van der Waals surface area contributed by atoms with Gasteiger partial charge in [-0.2, -0.15) is 0 Å². The van der Waals surface area contributed by atoms with Gasteiger partial charge >= 0.3 is 6.09 Å². The number of amides is 2. The molecule has 0 aliphatic carbocycles. The van der Waals surface area contributed by atoms with E-state index >= 15 is 0 Å². The van der Waals surface area contributed by atoms with Crippen molar-refractivity contribution in [2.24, 2.45) is 0 Å². The highest BCUT2D eigenvalue weighted by Gasteiger charge is 2.11. The molecule has 0 saturated heterocycles. The number of rotatable bonds is 4. The van der Waals surface area contributed by atoms with E-state index in [2.05, 4.69) is 15.4 Å². The zero-order chi connectivity index (χ0) is 13.5. The van der Waals surface area contributed by atoms with Crippen LogP contribution in [0, 0.1) is 0 Å². The molecular formula is C11H13ClN2O4. The molecule has 0 aromatic heterocycles. The van der Waals surface area contributed by atoms with Crippen molar-refractivity contribution in [2.45, 2.75) is 0 Å². The Morgan fingerprint density at radius 3 is 2.78 bits per heavy atom. The largest absolute Gasteiger partial charge is 0.447 e. The zero-order valence-corrected chi connectivity index (χ0v) is 10.5. The maximum Gasteiger partial charge on any atom is 0.411 e. The lowest BCUT2D eigenvalue weighted by Gasteiger charge is -2.08. The first-order valence-corrected chi connectivity index (χ1v) is 5.52. The first kappa shape index (κ1) is 14.3. The normalized spacial score (nSPS) is 9.72. The number of nitrogens with one attached hydrogen (secondary N) is 2. The fourth-order valence-corrected chi connectivity index (χ4v) is 1.41. The standard InChI is InChI=1S/C11H13ClN2O4/c1-13-10(16)8-6-7(2-3-9(8)12)14-11(17)18-5-4-15/h2-3,6,15H,4-5H2,1H3,(H,13,16)(H,14,17). The van der Waals surface area contributed by atoms with Crippen LogP contribution in [0.3, 0.4) is 0 Å². The topological polar surface area (TPSA) is 87.7 Å². The quantitative estimate of drug-likeness (QED) is 0.769. The van der Waals surface area contributed by atoms with Crippen LogP contribution in [0.5, 0.6) is 0 Å². The predicted octanol–water partition coefficient (Wildman–Crippen LogP) is 1.24. The van der Waals surface area contributed by atoms with Crippen LogP contribution in [-0.4, -0.2) is 37.4 Å². The number of anilines is 1. The molecule has 7 heteroatoms. The van der Waals surface area contributed by atoms with Gasteiger partial charge in [0, 0.05) is 12.7 Å². The van der Waals surface area contributed by atoms with Crippen molar-refractivity contribution in [3.05, 3.63) is 28.8 Å². The van der Waals surface area contributed by atoms with E-state index < -0.39 is 6.09 Å². The van der Waals surface area contributed by atoms with E-state index in [1.54, 1.807) is 0 Å². The van der Waals surface area contributed by atoms with Crippen LogP contribution in [0.25, 0.3) is 0 Å². The third kappa shape index (κ3) is 3.90. The van der Waals surface area contributed by atoms with Crippen LogP contribution in [-0.2, 0) is 4.74 Å². The zero-order valence-electron chi connectivity index (χ0n) is 9.70. The molecule has 2 amide bonds. The summed E-state index contributed by atoms with van der Waals surface area (Å²) in [4.78, 5) is 22.7. The second-order valence-corrected chi connectivity index (χ2v) is 3.67. The maximum absolute atomic E-state index is 11.5. The minimum Gasteiger partial charge on any atom is -0.447 e. The van der Waals surface area contributed by atoms with Crippen molar-refractivity contribution in [3.63, 3.8) is 0 Å².